The molecule has 2 aliphatic rings. The van der Waals surface area contributed by atoms with Gasteiger partial charge in [-0.3, -0.25) is 9.35 Å². The van der Waals surface area contributed by atoms with Crippen molar-refractivity contribution in [2.24, 2.45) is 4.36 Å². The van der Waals surface area contributed by atoms with Gasteiger partial charge in [0.1, 0.15) is 23.8 Å². The van der Waals surface area contributed by atoms with Crippen molar-refractivity contribution in [3.05, 3.63) is 65.2 Å². The predicted molar refractivity (Wildman–Crippen MR) is 145 cm³/mol. The number of imidazole rings is 1. The molecule has 10 heteroatoms. The summed E-state index contributed by atoms with van der Waals surface area (Å²) in [7, 11) is 0.0639. The van der Waals surface area contributed by atoms with Crippen LogP contribution in [0.4, 0.5) is 0 Å². The second-order valence-electron chi connectivity index (χ2n) is 9.39. The van der Waals surface area contributed by atoms with E-state index in [1.807, 2.05) is 12.1 Å². The van der Waals surface area contributed by atoms with E-state index in [4.69, 9.17) is 30.8 Å². The van der Waals surface area contributed by atoms with E-state index in [1.165, 1.54) is 5.56 Å². The first kappa shape index (κ1) is 24.5. The van der Waals surface area contributed by atoms with Crippen molar-refractivity contribution in [2.75, 3.05) is 25.7 Å². The second-order valence-corrected chi connectivity index (χ2v) is 11.6. The fourth-order valence-electron chi connectivity index (χ4n) is 4.72. The molecule has 4 unspecified atom stereocenters. The summed E-state index contributed by atoms with van der Waals surface area (Å²) in [6.45, 7) is 1.29. The Morgan fingerprint density at radius 1 is 1.03 bits per heavy atom. The molecular weight excluding hydrogens is 512 g/mol. The van der Waals surface area contributed by atoms with Gasteiger partial charge in [0.2, 0.25) is 0 Å². The van der Waals surface area contributed by atoms with Crippen LogP contribution in [0.5, 0.6) is 6.01 Å². The van der Waals surface area contributed by atoms with E-state index in [1.54, 1.807) is 6.07 Å². The van der Waals surface area contributed by atoms with Gasteiger partial charge < -0.3 is 19.3 Å². The third kappa shape index (κ3) is 5.02. The Hall–Kier alpha value is -2.82. The van der Waals surface area contributed by atoms with Gasteiger partial charge in [0.25, 0.3) is 6.01 Å². The van der Waals surface area contributed by atoms with Crippen LogP contribution < -0.4 is 4.74 Å². The van der Waals surface area contributed by atoms with Gasteiger partial charge in [-0.1, -0.05) is 54.1 Å². The molecule has 2 N–H and O–H groups in total. The average Bonchev–Trinajstić information content (AvgIpc) is 3.59. The molecule has 4 atom stereocenters. The van der Waals surface area contributed by atoms with E-state index in [0.717, 1.165) is 23.2 Å². The average molecular weight is 539 g/mol. The highest BCUT2D eigenvalue weighted by Crippen LogP contribution is 2.33. The number of aromatic nitrogens is 3. The molecule has 2 fully saturated rings. The number of halogens is 1. The fourth-order valence-corrected chi connectivity index (χ4v) is 5.38. The lowest BCUT2D eigenvalue weighted by Crippen LogP contribution is -2.34. The monoisotopic (exact) mass is 538 g/mol. The first-order chi connectivity index (χ1) is 17.9. The zero-order valence-corrected chi connectivity index (χ0v) is 22.0. The number of hydrogen-bond donors (Lipinski definition) is 2. The van der Waals surface area contributed by atoms with E-state index in [2.05, 4.69) is 63.2 Å². The Kier molecular flexibility index (Phi) is 6.73. The number of pyridine rings is 1. The number of aromatic amines is 1. The quantitative estimate of drug-likeness (QED) is 0.377. The van der Waals surface area contributed by atoms with Crippen LogP contribution >= 0.6 is 11.6 Å². The molecule has 4 heterocycles. The molecule has 2 aliphatic heterocycles. The molecule has 2 aromatic carbocycles. The van der Waals surface area contributed by atoms with Crippen LogP contribution in [0.2, 0.25) is 5.02 Å². The normalized spacial score (nSPS) is 23.1. The zero-order valence-electron chi connectivity index (χ0n) is 20.4. The maximum Gasteiger partial charge on any atom is 0.296 e. The number of rotatable bonds is 6. The standard InChI is InChI=1S/C27H27ClN4O4S/c1-37(2)29-12-15-4-3-5-18(10-15)16-6-8-17(9-7-16)23-19(28)11-20-26(31-23)32-27(30-20)36-22-14-35-24-21(33)13-34-25(22)24/h3-11,21-22,24-25,33H,12-14H2,1-2H3,(H,30,31,32). The number of aliphatic hydroxyl groups excluding tert-OH is 1. The highest BCUT2D eigenvalue weighted by atomic mass is 35.5. The molecule has 0 aliphatic carbocycles. The number of nitrogens with zero attached hydrogens (tertiary/aromatic N) is 3. The number of H-pyrrole nitrogens is 1. The van der Waals surface area contributed by atoms with E-state index in [0.29, 0.717) is 34.5 Å². The second kappa shape index (κ2) is 10.2. The molecule has 192 valence electrons. The Morgan fingerprint density at radius 2 is 1.81 bits per heavy atom. The van der Waals surface area contributed by atoms with E-state index >= 15 is 0 Å². The van der Waals surface area contributed by atoms with Gasteiger partial charge in [-0.05, 0) is 41.3 Å². The summed E-state index contributed by atoms with van der Waals surface area (Å²) in [5.74, 6) is 0. The predicted octanol–water partition coefficient (Wildman–Crippen LogP) is 4.41. The van der Waals surface area contributed by atoms with Gasteiger partial charge in [0.15, 0.2) is 11.8 Å². The zero-order chi connectivity index (χ0) is 25.5. The number of fused-ring (bicyclic) bond motifs is 2. The summed E-state index contributed by atoms with van der Waals surface area (Å²) in [5.41, 5.74) is 6.20. The van der Waals surface area contributed by atoms with Crippen LogP contribution in [0.15, 0.2) is 59.0 Å². The van der Waals surface area contributed by atoms with Crippen LogP contribution in [-0.4, -0.2) is 70.2 Å². The van der Waals surface area contributed by atoms with Crippen LogP contribution in [0.3, 0.4) is 0 Å². The van der Waals surface area contributed by atoms with Gasteiger partial charge in [-0.2, -0.15) is 4.98 Å². The first-order valence-electron chi connectivity index (χ1n) is 12.0. The molecule has 0 saturated carbocycles. The first-order valence-corrected chi connectivity index (χ1v) is 14.4. The van der Waals surface area contributed by atoms with Crippen molar-refractivity contribution in [1.82, 2.24) is 15.0 Å². The van der Waals surface area contributed by atoms with Gasteiger partial charge in [0.05, 0.1) is 30.5 Å². The molecule has 0 radical (unpaired) electrons. The van der Waals surface area contributed by atoms with Crippen molar-refractivity contribution < 1.29 is 19.3 Å². The van der Waals surface area contributed by atoms with Crippen molar-refractivity contribution in [1.29, 1.82) is 0 Å². The molecule has 0 spiro atoms. The highest BCUT2D eigenvalue weighted by molar-refractivity contribution is 7.85. The van der Waals surface area contributed by atoms with E-state index < -0.39 is 6.10 Å². The third-order valence-electron chi connectivity index (χ3n) is 6.57. The Balaban J connectivity index is 1.22. The van der Waals surface area contributed by atoms with Crippen molar-refractivity contribution in [3.8, 4) is 28.4 Å². The summed E-state index contributed by atoms with van der Waals surface area (Å²) in [6, 6.07) is 18.8. The summed E-state index contributed by atoms with van der Waals surface area (Å²) < 4.78 is 21.9. The van der Waals surface area contributed by atoms with Crippen LogP contribution in [0.1, 0.15) is 5.56 Å². The number of nitrogens with one attached hydrogen (secondary N) is 1. The topological polar surface area (TPSA) is 102 Å². The molecule has 6 rings (SSSR count). The molecule has 37 heavy (non-hydrogen) atoms. The smallest absolute Gasteiger partial charge is 0.296 e. The molecule has 8 nitrogen and oxygen atoms in total. The fraction of sp³-hybridized carbons (Fsp3) is 0.333. The molecule has 4 aromatic rings. The number of aliphatic hydroxyl groups is 1. The van der Waals surface area contributed by atoms with Crippen molar-refractivity contribution >= 4 is 33.5 Å². The van der Waals surface area contributed by atoms with Gasteiger partial charge in [0, 0.05) is 5.56 Å². The maximum absolute atomic E-state index is 9.94. The van der Waals surface area contributed by atoms with Crippen LogP contribution in [-0.2, 0) is 26.7 Å². The Bertz CT molecular complexity index is 1470. The Morgan fingerprint density at radius 3 is 2.62 bits per heavy atom. The molecule has 0 bridgehead atoms. The molecule has 2 saturated heterocycles. The molecular formula is C27H27ClN4O4S. The lowest BCUT2D eigenvalue weighted by molar-refractivity contribution is 0.00706. The van der Waals surface area contributed by atoms with E-state index in [-0.39, 0.29) is 35.6 Å². The van der Waals surface area contributed by atoms with Gasteiger partial charge in [-0.25, -0.2) is 4.98 Å². The highest BCUT2D eigenvalue weighted by Gasteiger charge is 2.48. The minimum Gasteiger partial charge on any atom is -0.456 e. The number of benzene rings is 2. The summed E-state index contributed by atoms with van der Waals surface area (Å²) >= 11 is 6.61. The number of ether oxygens (including phenoxy) is 3. The van der Waals surface area contributed by atoms with Crippen molar-refractivity contribution in [3.63, 3.8) is 0 Å². The van der Waals surface area contributed by atoms with Crippen LogP contribution in [0, 0.1) is 0 Å². The summed E-state index contributed by atoms with van der Waals surface area (Å²) in [4.78, 5) is 12.3. The Labute approximate surface area is 222 Å². The minimum absolute atomic E-state index is 0.0639. The van der Waals surface area contributed by atoms with Gasteiger partial charge >= 0.3 is 0 Å². The van der Waals surface area contributed by atoms with Crippen molar-refractivity contribution in [2.45, 2.75) is 31.0 Å². The summed E-state index contributed by atoms with van der Waals surface area (Å²) in [5, 5.41) is 10.4. The molecule has 2 aromatic heterocycles. The van der Waals surface area contributed by atoms with Crippen LogP contribution in [0.25, 0.3) is 33.5 Å². The maximum atomic E-state index is 9.94. The minimum atomic E-state index is -0.631. The largest absolute Gasteiger partial charge is 0.456 e. The lowest BCUT2D eigenvalue weighted by atomic mass is 10.0. The molecule has 0 amide bonds. The van der Waals surface area contributed by atoms with E-state index in [9.17, 15) is 5.11 Å². The van der Waals surface area contributed by atoms with Gasteiger partial charge in [-0.15, -0.1) is 10.7 Å². The lowest BCUT2D eigenvalue weighted by Gasteiger charge is -2.15. The SMILES string of the molecule is CS(C)=NCc1cccc(-c2ccc(-c3nc4[nH]c(OC5COC6C(O)COC56)nc4cc3Cl)cc2)c1. The number of hydrogen-bond acceptors (Lipinski definition) is 7. The summed E-state index contributed by atoms with van der Waals surface area (Å²) in [6.07, 6.45) is 2.56. The third-order valence-corrected chi connectivity index (χ3v) is 7.51.